The van der Waals surface area contributed by atoms with Crippen LogP contribution in [-0.4, -0.2) is 46.8 Å². The molecule has 1 atom stereocenters. The van der Waals surface area contributed by atoms with Gasteiger partial charge in [0.05, 0.1) is 28.0 Å². The van der Waals surface area contributed by atoms with E-state index >= 15 is 0 Å². The Morgan fingerprint density at radius 1 is 1.02 bits per heavy atom. The SMILES string of the molecule is Cc1cc(Cl)cc(C(=O)NC(C)c2ccccc2F)c1NC(=O)c1cc(Cn2nnc(C(F)(F)F)n2)nn1-c1ncccc1Cl. The number of carbonyl (C=O) groups excluding carboxylic acids is 2. The van der Waals surface area contributed by atoms with E-state index in [4.69, 9.17) is 23.2 Å². The first-order chi connectivity index (χ1) is 21.3. The predicted octanol–water partition coefficient (Wildman–Crippen LogP) is 5.82. The monoisotopic (exact) mass is 661 g/mol. The van der Waals surface area contributed by atoms with E-state index < -0.39 is 35.7 Å². The largest absolute Gasteiger partial charge is 0.455 e. The third-order valence-electron chi connectivity index (χ3n) is 6.44. The van der Waals surface area contributed by atoms with Crippen molar-refractivity contribution in [2.75, 3.05) is 5.32 Å². The number of rotatable bonds is 8. The van der Waals surface area contributed by atoms with Crippen LogP contribution in [0.25, 0.3) is 5.82 Å². The minimum atomic E-state index is -4.81. The number of anilines is 1. The summed E-state index contributed by atoms with van der Waals surface area (Å²) in [6.07, 6.45) is -3.40. The summed E-state index contributed by atoms with van der Waals surface area (Å²) in [7, 11) is 0. The highest BCUT2D eigenvalue weighted by Gasteiger charge is 2.37. The van der Waals surface area contributed by atoms with Crippen LogP contribution in [0.3, 0.4) is 0 Å². The fourth-order valence-electron chi connectivity index (χ4n) is 4.38. The van der Waals surface area contributed by atoms with Crippen LogP contribution in [0, 0.1) is 12.7 Å². The van der Waals surface area contributed by atoms with E-state index in [2.05, 4.69) is 36.1 Å². The zero-order chi connectivity index (χ0) is 32.5. The average Bonchev–Trinajstić information content (AvgIpc) is 3.62. The third kappa shape index (κ3) is 6.94. The fraction of sp³-hybridized carbons (Fsp3) is 0.179. The second-order valence-corrected chi connectivity index (χ2v) is 10.5. The maximum Gasteiger partial charge on any atom is 0.455 e. The van der Waals surface area contributed by atoms with Crippen LogP contribution in [0.5, 0.6) is 0 Å². The van der Waals surface area contributed by atoms with E-state index in [1.807, 2.05) is 0 Å². The zero-order valence-corrected chi connectivity index (χ0v) is 24.8. The summed E-state index contributed by atoms with van der Waals surface area (Å²) in [5.74, 6) is -3.33. The normalized spacial score (nSPS) is 12.2. The van der Waals surface area contributed by atoms with Crippen molar-refractivity contribution in [3.63, 3.8) is 0 Å². The molecule has 2 aromatic carbocycles. The van der Waals surface area contributed by atoms with Gasteiger partial charge in [0, 0.05) is 16.8 Å². The van der Waals surface area contributed by atoms with E-state index in [9.17, 15) is 27.2 Å². The molecule has 0 bridgehead atoms. The van der Waals surface area contributed by atoms with Crippen molar-refractivity contribution in [3.05, 3.63) is 111 Å². The molecule has 2 N–H and O–H groups in total. The topological polar surface area (TPSA) is 133 Å². The summed E-state index contributed by atoms with van der Waals surface area (Å²) in [4.78, 5) is 32.0. The summed E-state index contributed by atoms with van der Waals surface area (Å²) >= 11 is 12.6. The Morgan fingerprint density at radius 2 is 1.78 bits per heavy atom. The van der Waals surface area contributed by atoms with Crippen LogP contribution in [-0.2, 0) is 12.7 Å². The maximum absolute atomic E-state index is 14.3. The summed E-state index contributed by atoms with van der Waals surface area (Å²) in [6.45, 7) is 2.83. The van der Waals surface area contributed by atoms with Gasteiger partial charge in [0.25, 0.3) is 17.6 Å². The fourth-order valence-corrected chi connectivity index (χ4v) is 4.85. The summed E-state index contributed by atoms with van der Waals surface area (Å²) in [5, 5.41) is 19.8. The standard InChI is InChI=1S/C28H21Cl2F4N9O2/c1-14-10-16(29)11-19(25(44)36-15(2)18-6-3-4-8-21(18)31)23(14)37-26(45)22-12-17(13-42-40-27(38-41-42)28(32,33)34)39-43(22)24-20(30)7-5-9-35-24/h3-12,15H,13H2,1-2H3,(H,36,44)(H,37,45). The summed E-state index contributed by atoms with van der Waals surface area (Å²) in [6, 6.07) is 12.4. The molecule has 232 valence electrons. The molecular formula is C28H21Cl2F4N9O2. The smallest absolute Gasteiger partial charge is 0.345 e. The molecule has 0 saturated heterocycles. The number of nitrogens with one attached hydrogen (secondary N) is 2. The Hall–Kier alpha value is -4.89. The van der Waals surface area contributed by atoms with Gasteiger partial charge in [-0.25, -0.2) is 14.1 Å². The van der Waals surface area contributed by atoms with Crippen LogP contribution in [0.4, 0.5) is 23.2 Å². The van der Waals surface area contributed by atoms with E-state index in [-0.39, 0.29) is 50.6 Å². The van der Waals surface area contributed by atoms with Crippen LogP contribution in [0.2, 0.25) is 10.0 Å². The highest BCUT2D eigenvalue weighted by molar-refractivity contribution is 6.32. The number of aromatic nitrogens is 7. The Morgan fingerprint density at radius 3 is 2.47 bits per heavy atom. The molecule has 17 heteroatoms. The highest BCUT2D eigenvalue weighted by atomic mass is 35.5. The lowest BCUT2D eigenvalue weighted by Crippen LogP contribution is -2.29. The number of halogens is 6. The molecule has 5 aromatic rings. The molecule has 0 fully saturated rings. The lowest BCUT2D eigenvalue weighted by Gasteiger charge is -2.18. The lowest BCUT2D eigenvalue weighted by atomic mass is 10.0. The molecule has 0 aliphatic heterocycles. The summed E-state index contributed by atoms with van der Waals surface area (Å²) < 4.78 is 54.4. The third-order valence-corrected chi connectivity index (χ3v) is 6.96. The van der Waals surface area contributed by atoms with Crippen molar-refractivity contribution in [2.45, 2.75) is 32.6 Å². The van der Waals surface area contributed by atoms with E-state index in [1.165, 1.54) is 48.7 Å². The second-order valence-electron chi connectivity index (χ2n) is 9.70. The van der Waals surface area contributed by atoms with Crippen molar-refractivity contribution in [1.29, 1.82) is 0 Å². The van der Waals surface area contributed by atoms with Gasteiger partial charge in [0.2, 0.25) is 0 Å². The maximum atomic E-state index is 14.3. The van der Waals surface area contributed by atoms with Gasteiger partial charge in [-0.2, -0.15) is 23.1 Å². The molecule has 1 unspecified atom stereocenters. The van der Waals surface area contributed by atoms with Gasteiger partial charge < -0.3 is 10.6 Å². The van der Waals surface area contributed by atoms with Gasteiger partial charge in [-0.05, 0) is 61.0 Å². The Labute approximate surface area is 262 Å². The van der Waals surface area contributed by atoms with Gasteiger partial charge >= 0.3 is 6.18 Å². The molecule has 0 radical (unpaired) electrons. The molecule has 0 aliphatic rings. The van der Waals surface area contributed by atoms with Crippen molar-refractivity contribution >= 4 is 40.7 Å². The van der Waals surface area contributed by atoms with Gasteiger partial charge in [-0.3, -0.25) is 9.59 Å². The Balaban J connectivity index is 1.49. The van der Waals surface area contributed by atoms with Crippen LogP contribution in [0.15, 0.2) is 60.8 Å². The predicted molar refractivity (Wildman–Crippen MR) is 155 cm³/mol. The van der Waals surface area contributed by atoms with Gasteiger partial charge in [0.1, 0.15) is 18.1 Å². The van der Waals surface area contributed by atoms with Crippen LogP contribution in [0.1, 0.15) is 56.5 Å². The number of benzene rings is 2. The minimum absolute atomic E-state index is 0.00908. The van der Waals surface area contributed by atoms with Gasteiger partial charge in [0.15, 0.2) is 5.82 Å². The van der Waals surface area contributed by atoms with Crippen molar-refractivity contribution in [1.82, 2.24) is 40.3 Å². The quantitative estimate of drug-likeness (QED) is 0.200. The van der Waals surface area contributed by atoms with Crippen molar-refractivity contribution in [2.24, 2.45) is 0 Å². The molecule has 3 heterocycles. The van der Waals surface area contributed by atoms with Gasteiger partial charge in [-0.1, -0.05) is 41.4 Å². The molecule has 3 aromatic heterocycles. The molecule has 0 aliphatic carbocycles. The number of nitrogens with zero attached hydrogens (tertiary/aromatic N) is 7. The average molecular weight is 662 g/mol. The van der Waals surface area contributed by atoms with E-state index in [0.717, 1.165) is 4.68 Å². The number of pyridine rings is 1. The van der Waals surface area contributed by atoms with Crippen LogP contribution >= 0.6 is 23.2 Å². The number of amides is 2. The molecular weight excluding hydrogens is 641 g/mol. The Bertz CT molecular complexity index is 1910. The minimum Gasteiger partial charge on any atom is -0.345 e. The number of alkyl halides is 3. The lowest BCUT2D eigenvalue weighted by molar-refractivity contribution is -0.145. The summed E-state index contributed by atoms with van der Waals surface area (Å²) in [5.41, 5.74) is 0.693. The molecule has 5 rings (SSSR count). The van der Waals surface area contributed by atoms with E-state index in [1.54, 1.807) is 26.0 Å². The molecule has 0 saturated carbocycles. The zero-order valence-electron chi connectivity index (χ0n) is 23.3. The first-order valence-electron chi connectivity index (χ1n) is 13.0. The van der Waals surface area contributed by atoms with Crippen LogP contribution < -0.4 is 10.6 Å². The molecule has 0 spiro atoms. The van der Waals surface area contributed by atoms with E-state index in [0.29, 0.717) is 10.4 Å². The second kappa shape index (κ2) is 12.6. The number of hydrogen-bond acceptors (Lipinski definition) is 7. The van der Waals surface area contributed by atoms with Crippen molar-refractivity contribution < 1.29 is 27.2 Å². The van der Waals surface area contributed by atoms with Gasteiger partial charge in [-0.15, -0.1) is 10.2 Å². The first-order valence-corrected chi connectivity index (χ1v) is 13.8. The molecule has 2 amide bonds. The Kier molecular flexibility index (Phi) is 8.84. The highest BCUT2D eigenvalue weighted by Crippen LogP contribution is 2.29. The number of aryl methyl sites for hydroxylation is 1. The molecule has 11 nitrogen and oxygen atoms in total. The number of hydrogen-bond donors (Lipinski definition) is 2. The first kappa shape index (κ1) is 31.5. The number of carbonyl (C=O) groups is 2. The number of tetrazole rings is 1. The van der Waals surface area contributed by atoms with Crippen molar-refractivity contribution in [3.8, 4) is 5.82 Å². The molecule has 45 heavy (non-hydrogen) atoms.